The number of nitrogens with zero attached hydrogens (tertiary/aromatic N) is 2. The van der Waals surface area contributed by atoms with Crippen molar-refractivity contribution in [3.63, 3.8) is 0 Å². The molecule has 4 nitrogen and oxygen atoms in total. The van der Waals surface area contributed by atoms with Crippen molar-refractivity contribution in [3.05, 3.63) is 94.5 Å². The summed E-state index contributed by atoms with van der Waals surface area (Å²) in [5.74, 6) is 0.659. The third kappa shape index (κ3) is 3.52. The van der Waals surface area contributed by atoms with E-state index in [1.54, 1.807) is 24.3 Å². The highest BCUT2D eigenvalue weighted by atomic mass is 35.5. The van der Waals surface area contributed by atoms with E-state index in [0.29, 0.717) is 33.4 Å². The third-order valence-corrected chi connectivity index (χ3v) is 4.50. The molecule has 0 radical (unpaired) electrons. The molecule has 1 aromatic heterocycles. The first kappa shape index (κ1) is 17.2. The molecule has 132 valence electrons. The highest BCUT2D eigenvalue weighted by Gasteiger charge is 2.19. The largest absolute Gasteiger partial charge is 0.334 e. The fraction of sp³-hybridized carbons (Fsp3) is 0.0455. The zero-order chi connectivity index (χ0) is 18.8. The zero-order valence-corrected chi connectivity index (χ0v) is 15.3. The van der Waals surface area contributed by atoms with E-state index in [9.17, 15) is 4.79 Å². The number of rotatable bonds is 4. The Kier molecular flexibility index (Phi) is 4.57. The van der Waals surface area contributed by atoms with Crippen molar-refractivity contribution >= 4 is 17.4 Å². The molecule has 0 amide bonds. The second-order valence-electron chi connectivity index (χ2n) is 6.17. The van der Waals surface area contributed by atoms with Crippen LogP contribution in [0.4, 0.5) is 0 Å². The molecule has 0 atom stereocenters. The average Bonchev–Trinajstić information content (AvgIpc) is 3.19. The number of benzene rings is 3. The predicted octanol–water partition coefficient (Wildman–Crippen LogP) is 5.60. The highest BCUT2D eigenvalue weighted by molar-refractivity contribution is 6.30. The Morgan fingerprint density at radius 2 is 1.63 bits per heavy atom. The number of aryl methyl sites for hydroxylation is 1. The number of aromatic nitrogens is 2. The fourth-order valence-electron chi connectivity index (χ4n) is 2.78. The summed E-state index contributed by atoms with van der Waals surface area (Å²) >= 11 is 5.92. The van der Waals surface area contributed by atoms with Crippen molar-refractivity contribution in [1.29, 1.82) is 0 Å². The van der Waals surface area contributed by atoms with Crippen molar-refractivity contribution in [3.8, 4) is 22.8 Å². The van der Waals surface area contributed by atoms with Crippen LogP contribution in [-0.4, -0.2) is 15.9 Å². The number of carbonyl (C=O) groups excluding carboxylic acids is 1. The Balaban J connectivity index is 1.72. The van der Waals surface area contributed by atoms with Crippen LogP contribution in [-0.2, 0) is 0 Å². The maximum Gasteiger partial charge on any atom is 0.258 e. The summed E-state index contributed by atoms with van der Waals surface area (Å²) in [5, 5.41) is 4.67. The number of hydrogen-bond acceptors (Lipinski definition) is 4. The summed E-state index contributed by atoms with van der Waals surface area (Å²) in [6.45, 7) is 1.99. The lowest BCUT2D eigenvalue weighted by molar-refractivity contribution is 0.103. The SMILES string of the molecule is Cc1ccc(C(=O)c2ccccc2-c2nc(-c3ccc(Cl)cc3)no2)cc1. The van der Waals surface area contributed by atoms with Crippen LogP contribution in [0.1, 0.15) is 21.5 Å². The molecule has 0 saturated carbocycles. The van der Waals surface area contributed by atoms with E-state index in [4.69, 9.17) is 16.1 Å². The molecule has 0 aliphatic carbocycles. The van der Waals surface area contributed by atoms with Crippen molar-refractivity contribution in [2.24, 2.45) is 0 Å². The van der Waals surface area contributed by atoms with Crippen molar-refractivity contribution in [1.82, 2.24) is 10.1 Å². The molecule has 4 aromatic rings. The summed E-state index contributed by atoms with van der Waals surface area (Å²) in [7, 11) is 0. The molecule has 3 aromatic carbocycles. The molecular formula is C22H15ClN2O2. The quantitative estimate of drug-likeness (QED) is 0.436. The van der Waals surface area contributed by atoms with Gasteiger partial charge in [-0.15, -0.1) is 0 Å². The van der Waals surface area contributed by atoms with Crippen LogP contribution in [0.3, 0.4) is 0 Å². The second kappa shape index (κ2) is 7.17. The number of ketones is 1. The predicted molar refractivity (Wildman–Crippen MR) is 105 cm³/mol. The standard InChI is InChI=1S/C22H15ClN2O2/c1-14-6-8-15(9-7-14)20(26)18-4-2-3-5-19(18)22-24-21(25-27-22)16-10-12-17(23)13-11-16/h2-13H,1H3. The van der Waals surface area contributed by atoms with Crippen LogP contribution < -0.4 is 0 Å². The Bertz CT molecular complexity index is 1100. The Morgan fingerprint density at radius 1 is 0.926 bits per heavy atom. The number of carbonyl (C=O) groups is 1. The molecule has 5 heteroatoms. The van der Waals surface area contributed by atoms with Gasteiger partial charge in [-0.05, 0) is 37.3 Å². The fourth-order valence-corrected chi connectivity index (χ4v) is 2.90. The molecule has 0 fully saturated rings. The van der Waals surface area contributed by atoms with Gasteiger partial charge in [0.2, 0.25) is 5.82 Å². The summed E-state index contributed by atoms with van der Waals surface area (Å²) in [6.07, 6.45) is 0. The first-order valence-corrected chi connectivity index (χ1v) is 8.80. The molecule has 0 N–H and O–H groups in total. The monoisotopic (exact) mass is 374 g/mol. The lowest BCUT2D eigenvalue weighted by Crippen LogP contribution is -2.03. The second-order valence-corrected chi connectivity index (χ2v) is 6.61. The van der Waals surface area contributed by atoms with Gasteiger partial charge in [-0.25, -0.2) is 0 Å². The van der Waals surface area contributed by atoms with E-state index in [1.165, 1.54) is 0 Å². The van der Waals surface area contributed by atoms with Crippen LogP contribution in [0.2, 0.25) is 5.02 Å². The van der Waals surface area contributed by atoms with E-state index in [0.717, 1.165) is 11.1 Å². The van der Waals surface area contributed by atoms with Gasteiger partial charge < -0.3 is 4.52 Å². The van der Waals surface area contributed by atoms with Gasteiger partial charge in [0.05, 0.1) is 5.56 Å². The molecule has 0 spiro atoms. The van der Waals surface area contributed by atoms with Crippen LogP contribution in [0.5, 0.6) is 0 Å². The van der Waals surface area contributed by atoms with E-state index in [2.05, 4.69) is 10.1 Å². The first-order chi connectivity index (χ1) is 13.1. The smallest absolute Gasteiger partial charge is 0.258 e. The summed E-state index contributed by atoms with van der Waals surface area (Å²) in [5.41, 5.74) is 3.63. The molecule has 0 unspecified atom stereocenters. The topological polar surface area (TPSA) is 56.0 Å². The minimum absolute atomic E-state index is 0.0863. The van der Waals surface area contributed by atoms with Crippen molar-refractivity contribution in [2.45, 2.75) is 6.92 Å². The maximum absolute atomic E-state index is 13.0. The molecule has 0 aliphatic rings. The van der Waals surface area contributed by atoms with Gasteiger partial charge in [-0.3, -0.25) is 4.79 Å². The summed E-state index contributed by atoms with van der Waals surface area (Å²) < 4.78 is 5.43. The normalized spacial score (nSPS) is 10.7. The molecular weight excluding hydrogens is 360 g/mol. The minimum Gasteiger partial charge on any atom is -0.334 e. The number of hydrogen-bond donors (Lipinski definition) is 0. The van der Waals surface area contributed by atoms with Crippen LogP contribution >= 0.6 is 11.6 Å². The van der Waals surface area contributed by atoms with E-state index < -0.39 is 0 Å². The van der Waals surface area contributed by atoms with Gasteiger partial charge in [0.15, 0.2) is 5.78 Å². The molecule has 0 saturated heterocycles. The molecule has 1 heterocycles. The van der Waals surface area contributed by atoms with E-state index in [1.807, 2.05) is 55.5 Å². The first-order valence-electron chi connectivity index (χ1n) is 8.42. The van der Waals surface area contributed by atoms with Crippen LogP contribution in [0.15, 0.2) is 77.3 Å². The van der Waals surface area contributed by atoms with Gasteiger partial charge in [-0.1, -0.05) is 64.8 Å². The Morgan fingerprint density at radius 3 is 2.37 bits per heavy atom. The molecule has 27 heavy (non-hydrogen) atoms. The lowest BCUT2D eigenvalue weighted by atomic mass is 9.97. The van der Waals surface area contributed by atoms with Gasteiger partial charge in [0.1, 0.15) is 0 Å². The lowest BCUT2D eigenvalue weighted by Gasteiger charge is -2.05. The summed E-state index contributed by atoms with van der Waals surface area (Å²) in [4.78, 5) is 17.4. The maximum atomic E-state index is 13.0. The number of halogens is 1. The van der Waals surface area contributed by atoms with E-state index >= 15 is 0 Å². The highest BCUT2D eigenvalue weighted by Crippen LogP contribution is 2.27. The van der Waals surface area contributed by atoms with Crippen LogP contribution in [0.25, 0.3) is 22.8 Å². The third-order valence-electron chi connectivity index (χ3n) is 4.24. The Hall–Kier alpha value is -3.24. The van der Waals surface area contributed by atoms with E-state index in [-0.39, 0.29) is 5.78 Å². The van der Waals surface area contributed by atoms with Gasteiger partial charge in [-0.2, -0.15) is 4.98 Å². The minimum atomic E-state index is -0.0863. The van der Waals surface area contributed by atoms with Gasteiger partial charge >= 0.3 is 0 Å². The average molecular weight is 375 g/mol. The van der Waals surface area contributed by atoms with Crippen LogP contribution in [0, 0.1) is 6.92 Å². The van der Waals surface area contributed by atoms with Crippen molar-refractivity contribution in [2.75, 3.05) is 0 Å². The summed E-state index contributed by atoms with van der Waals surface area (Å²) in [6, 6.07) is 21.9. The van der Waals surface area contributed by atoms with Gasteiger partial charge in [0.25, 0.3) is 5.89 Å². The van der Waals surface area contributed by atoms with Crippen molar-refractivity contribution < 1.29 is 9.32 Å². The molecule has 0 aliphatic heterocycles. The molecule has 0 bridgehead atoms. The Labute approximate surface area is 161 Å². The van der Waals surface area contributed by atoms with Gasteiger partial charge in [0, 0.05) is 21.7 Å². The zero-order valence-electron chi connectivity index (χ0n) is 14.5. The molecule has 4 rings (SSSR count).